The summed E-state index contributed by atoms with van der Waals surface area (Å²) in [5.41, 5.74) is 3.96. The van der Waals surface area contributed by atoms with Crippen LogP contribution in [0.4, 0.5) is 0 Å². The number of methoxy groups -OCH3 is 4. The molecule has 4 atom stereocenters. The summed E-state index contributed by atoms with van der Waals surface area (Å²) < 4.78 is 35.3. The Bertz CT molecular complexity index is 1900. The molecular weight excluding hydrogens is 648 g/mol. The predicted molar refractivity (Wildman–Crippen MR) is 179 cm³/mol. The van der Waals surface area contributed by atoms with Gasteiger partial charge in [0.25, 0.3) is 0 Å². The number of aliphatic hydroxyl groups is 5. The van der Waals surface area contributed by atoms with Crippen molar-refractivity contribution >= 4 is 5.78 Å². The number of aliphatic hydroxyl groups excluding tert-OH is 5. The first-order valence-corrected chi connectivity index (χ1v) is 16.0. The number of rotatable bonds is 11. The van der Waals surface area contributed by atoms with Crippen LogP contribution in [-0.2, 0) is 37.6 Å². The van der Waals surface area contributed by atoms with Crippen LogP contribution in [0.1, 0.15) is 68.2 Å². The topological polar surface area (TPSA) is 174 Å². The van der Waals surface area contributed by atoms with Gasteiger partial charge in [-0.3, -0.25) is 4.79 Å². The zero-order valence-corrected chi connectivity index (χ0v) is 28.1. The Morgan fingerprint density at radius 1 is 0.660 bits per heavy atom. The van der Waals surface area contributed by atoms with Crippen molar-refractivity contribution in [2.24, 2.45) is 0 Å². The van der Waals surface area contributed by atoms with Gasteiger partial charge in [-0.2, -0.15) is 0 Å². The molecule has 2 heterocycles. The molecular formula is C38H40O12. The molecule has 0 aliphatic carbocycles. The van der Waals surface area contributed by atoms with Crippen molar-refractivity contribution in [3.05, 3.63) is 105 Å². The lowest BCUT2D eigenvalue weighted by Gasteiger charge is -2.38. The quantitative estimate of drug-likeness (QED) is 0.155. The molecule has 50 heavy (non-hydrogen) atoms. The Hall–Kier alpha value is -4.85. The highest BCUT2D eigenvalue weighted by molar-refractivity contribution is 5.98. The number of fused-ring (bicyclic) bond motifs is 2. The number of ether oxygens (including phenoxy) is 6. The van der Waals surface area contributed by atoms with Gasteiger partial charge in [0.05, 0.1) is 72.5 Å². The third-order valence-corrected chi connectivity index (χ3v) is 9.38. The first-order valence-electron chi connectivity index (χ1n) is 16.0. The smallest absolute Gasteiger partial charge is 0.190 e. The lowest BCUT2D eigenvalue weighted by atomic mass is 9.76. The fourth-order valence-electron chi connectivity index (χ4n) is 6.99. The van der Waals surface area contributed by atoms with E-state index in [9.17, 15) is 30.3 Å². The number of hydrogen-bond acceptors (Lipinski definition) is 12. The first-order chi connectivity index (χ1) is 24.2. The fourth-order valence-corrected chi connectivity index (χ4v) is 6.99. The molecule has 4 aromatic carbocycles. The highest BCUT2D eigenvalue weighted by Crippen LogP contribution is 2.54. The van der Waals surface area contributed by atoms with E-state index in [4.69, 9.17) is 28.4 Å². The highest BCUT2D eigenvalue weighted by atomic mass is 16.5. The van der Waals surface area contributed by atoms with Gasteiger partial charge in [-0.1, -0.05) is 12.1 Å². The molecule has 0 fully saturated rings. The maximum atomic E-state index is 15.0. The molecule has 0 amide bonds. The molecule has 0 aromatic heterocycles. The Labute approximate surface area is 289 Å². The fraction of sp³-hybridized carbons (Fsp3) is 0.342. The molecule has 0 saturated carbocycles. The summed E-state index contributed by atoms with van der Waals surface area (Å²) in [6, 6.07) is 15.0. The van der Waals surface area contributed by atoms with Crippen molar-refractivity contribution in [1.29, 1.82) is 0 Å². The second kappa shape index (κ2) is 14.6. The molecule has 2 aliphatic heterocycles. The summed E-state index contributed by atoms with van der Waals surface area (Å²) in [6.45, 7) is -1.47. The average molecular weight is 689 g/mol. The van der Waals surface area contributed by atoms with E-state index in [0.29, 0.717) is 67.3 Å². The molecule has 0 unspecified atom stereocenters. The minimum atomic E-state index is -1.19. The molecule has 5 N–H and O–H groups in total. The summed E-state index contributed by atoms with van der Waals surface area (Å²) >= 11 is 0. The largest absolute Gasteiger partial charge is 0.496 e. The maximum Gasteiger partial charge on any atom is 0.190 e. The van der Waals surface area contributed by atoms with Crippen LogP contribution in [0.5, 0.6) is 34.5 Å². The van der Waals surface area contributed by atoms with Gasteiger partial charge in [0.1, 0.15) is 40.6 Å². The summed E-state index contributed by atoms with van der Waals surface area (Å²) in [5.74, 6) is 0.514. The molecule has 0 bridgehead atoms. The average Bonchev–Trinajstić information content (AvgIpc) is 3.15. The van der Waals surface area contributed by atoms with E-state index in [1.54, 1.807) is 54.6 Å². The van der Waals surface area contributed by atoms with Crippen molar-refractivity contribution in [1.82, 2.24) is 0 Å². The van der Waals surface area contributed by atoms with E-state index in [-0.39, 0.29) is 43.5 Å². The van der Waals surface area contributed by atoms with Gasteiger partial charge in [-0.25, -0.2) is 0 Å². The number of benzene rings is 4. The number of Topliss-reactive ketones (excluding diaryl/α,β-unsaturated/α-hetero) is 1. The molecule has 0 spiro atoms. The first kappa shape index (κ1) is 35.0. The molecule has 6 rings (SSSR count). The summed E-state index contributed by atoms with van der Waals surface area (Å²) in [4.78, 5) is 15.0. The van der Waals surface area contributed by atoms with E-state index >= 15 is 0 Å². The standard InChI is InChI=1S/C38H40O12/c1-45-27-7-5-20(11-22(27)16-40)36-26(43)14-25-29(47-3)13-24(18-42)32(38(25)50-36)34-33-30(48-4)9-19(15-39)10-31(33)49-37(35(34)44)21-6-8-28(46-2)23(12-21)17-41/h5-13,26,34,36-37,39-43H,14-18H2,1-4H3/t26-,34+,36+,37+/m0/s1. The van der Waals surface area contributed by atoms with Gasteiger partial charge in [-0.15, -0.1) is 0 Å². The van der Waals surface area contributed by atoms with Crippen LogP contribution in [0, 0.1) is 0 Å². The molecule has 4 aromatic rings. The van der Waals surface area contributed by atoms with Crippen LogP contribution >= 0.6 is 0 Å². The van der Waals surface area contributed by atoms with Crippen LogP contribution in [-0.4, -0.2) is 65.9 Å². The van der Waals surface area contributed by atoms with E-state index < -0.39 is 36.6 Å². The van der Waals surface area contributed by atoms with Crippen LogP contribution in [0.25, 0.3) is 0 Å². The number of carbonyl (C=O) groups is 1. The summed E-state index contributed by atoms with van der Waals surface area (Å²) in [7, 11) is 5.90. The SMILES string of the molecule is COc1ccc([C@H]2Oc3c(c(OC)cc(CO)c3[C@H]3C(=O)[C@@H](c4ccc(OC)c(CO)c4)Oc4cc(CO)cc(OC)c43)C[C@@H]2O)cc1CO. The Kier molecular flexibility index (Phi) is 10.2. The van der Waals surface area contributed by atoms with Gasteiger partial charge in [0, 0.05) is 34.2 Å². The van der Waals surface area contributed by atoms with Crippen molar-refractivity contribution in [2.75, 3.05) is 28.4 Å². The number of carbonyl (C=O) groups excluding carboxylic acids is 1. The lowest BCUT2D eigenvalue weighted by molar-refractivity contribution is -0.128. The van der Waals surface area contributed by atoms with Gasteiger partial charge < -0.3 is 54.0 Å². The highest BCUT2D eigenvalue weighted by Gasteiger charge is 2.46. The third kappa shape index (κ3) is 5.99. The second-order valence-corrected chi connectivity index (χ2v) is 12.1. The minimum Gasteiger partial charge on any atom is -0.496 e. The third-order valence-electron chi connectivity index (χ3n) is 9.38. The minimum absolute atomic E-state index is 0.0784. The van der Waals surface area contributed by atoms with E-state index in [1.165, 1.54) is 28.4 Å². The molecule has 12 heteroatoms. The molecule has 0 saturated heterocycles. The zero-order chi connectivity index (χ0) is 35.7. The Balaban J connectivity index is 1.60. The van der Waals surface area contributed by atoms with Gasteiger partial charge >= 0.3 is 0 Å². The predicted octanol–water partition coefficient (Wildman–Crippen LogP) is 3.56. The van der Waals surface area contributed by atoms with Crippen LogP contribution in [0.15, 0.2) is 54.6 Å². The number of ketones is 1. The molecule has 2 aliphatic rings. The van der Waals surface area contributed by atoms with Gasteiger partial charge in [0.15, 0.2) is 11.9 Å². The summed E-state index contributed by atoms with van der Waals surface area (Å²) in [5, 5.41) is 52.5. The summed E-state index contributed by atoms with van der Waals surface area (Å²) in [6.07, 6.45) is -3.10. The van der Waals surface area contributed by atoms with E-state index in [1.807, 2.05) is 0 Å². The Morgan fingerprint density at radius 3 is 1.84 bits per heavy atom. The molecule has 12 nitrogen and oxygen atoms in total. The number of hydrogen-bond donors (Lipinski definition) is 5. The zero-order valence-electron chi connectivity index (χ0n) is 28.1. The second-order valence-electron chi connectivity index (χ2n) is 12.1. The van der Waals surface area contributed by atoms with Crippen molar-refractivity contribution in [3.8, 4) is 34.5 Å². The van der Waals surface area contributed by atoms with E-state index in [2.05, 4.69) is 0 Å². The monoisotopic (exact) mass is 688 g/mol. The van der Waals surface area contributed by atoms with Gasteiger partial charge in [0.2, 0.25) is 0 Å². The molecule has 0 radical (unpaired) electrons. The van der Waals surface area contributed by atoms with Crippen LogP contribution in [0.3, 0.4) is 0 Å². The normalized spacial score (nSPS) is 19.5. The van der Waals surface area contributed by atoms with Crippen molar-refractivity contribution in [3.63, 3.8) is 0 Å². The Morgan fingerprint density at radius 2 is 1.26 bits per heavy atom. The maximum absolute atomic E-state index is 15.0. The molecule has 264 valence electrons. The lowest BCUT2D eigenvalue weighted by Crippen LogP contribution is -2.35. The van der Waals surface area contributed by atoms with Crippen LogP contribution in [0.2, 0.25) is 0 Å². The van der Waals surface area contributed by atoms with Crippen molar-refractivity contribution < 1.29 is 58.7 Å². The van der Waals surface area contributed by atoms with Gasteiger partial charge in [-0.05, 0) is 59.2 Å². The van der Waals surface area contributed by atoms with Crippen molar-refractivity contribution in [2.45, 2.75) is 57.1 Å². The van der Waals surface area contributed by atoms with E-state index in [0.717, 1.165) is 0 Å². The van der Waals surface area contributed by atoms with Crippen LogP contribution < -0.4 is 28.4 Å².